The van der Waals surface area contributed by atoms with Crippen LogP contribution in [0.25, 0.3) is 0 Å². The van der Waals surface area contributed by atoms with Crippen LogP contribution in [0.2, 0.25) is 0 Å². The molecule has 1 rings (SSSR count). The zero-order valence-corrected chi connectivity index (χ0v) is 7.91. The first-order valence-corrected chi connectivity index (χ1v) is 4.77. The molecular weight excluding hydrogens is 174 g/mol. The van der Waals surface area contributed by atoms with Crippen LogP contribution in [-0.2, 0) is 0 Å². The summed E-state index contributed by atoms with van der Waals surface area (Å²) in [4.78, 5) is 5.33. The molecule has 0 aliphatic heterocycles. The van der Waals surface area contributed by atoms with E-state index in [4.69, 9.17) is 0 Å². The van der Waals surface area contributed by atoms with Gasteiger partial charge in [-0.2, -0.15) is 0 Å². The van der Waals surface area contributed by atoms with Crippen LogP contribution >= 0.6 is 23.6 Å². The van der Waals surface area contributed by atoms with Crippen LogP contribution in [-0.4, -0.2) is 5.16 Å². The number of rotatable bonds is 3. The molecule has 0 N–H and O–H groups in total. The van der Waals surface area contributed by atoms with Crippen molar-refractivity contribution in [3.8, 4) is 0 Å². The lowest BCUT2D eigenvalue weighted by atomic mass is 10.2. The van der Waals surface area contributed by atoms with Crippen LogP contribution in [0.1, 0.15) is 24.3 Å². The van der Waals surface area contributed by atoms with Crippen LogP contribution in [0.15, 0.2) is 22.5 Å². The number of aliphatic imine (C=N–C) groups is 1. The summed E-state index contributed by atoms with van der Waals surface area (Å²) in [5.74, 6) is 0. The fourth-order valence-corrected chi connectivity index (χ4v) is 1.88. The number of thiocarbonyl (C=S) groups is 1. The first-order valence-electron chi connectivity index (χ1n) is 3.49. The number of hydrogen-bond donors (Lipinski definition) is 0. The maximum atomic E-state index is 4.56. The number of isothiocyanates is 1. The van der Waals surface area contributed by atoms with Gasteiger partial charge in [-0.1, -0.05) is 13.0 Å². The third kappa shape index (κ3) is 2.22. The fraction of sp³-hybridized carbons (Fsp3) is 0.375. The molecule has 0 radical (unpaired) electrons. The van der Waals surface area contributed by atoms with Crippen LogP contribution in [0, 0.1) is 0 Å². The molecule has 0 amide bonds. The largest absolute Gasteiger partial charge is 0.223 e. The Morgan fingerprint density at radius 1 is 1.82 bits per heavy atom. The summed E-state index contributed by atoms with van der Waals surface area (Å²) in [6, 6.07) is 4.34. The molecule has 0 spiro atoms. The van der Waals surface area contributed by atoms with Gasteiger partial charge in [0.25, 0.3) is 0 Å². The predicted octanol–water partition coefficient (Wildman–Crippen LogP) is 3.30. The van der Waals surface area contributed by atoms with Crippen molar-refractivity contribution in [2.75, 3.05) is 0 Å². The first kappa shape index (κ1) is 8.60. The average molecular weight is 183 g/mol. The lowest BCUT2D eigenvalue weighted by Gasteiger charge is -2.02. The summed E-state index contributed by atoms with van der Waals surface area (Å²) in [6.07, 6.45) is 0.990. The highest BCUT2D eigenvalue weighted by Gasteiger charge is 2.06. The van der Waals surface area contributed by atoms with Crippen molar-refractivity contribution in [1.29, 1.82) is 0 Å². The van der Waals surface area contributed by atoms with Crippen molar-refractivity contribution >= 4 is 28.7 Å². The highest BCUT2D eigenvalue weighted by atomic mass is 32.1. The minimum Gasteiger partial charge on any atom is -0.223 e. The molecule has 11 heavy (non-hydrogen) atoms. The molecule has 1 aromatic heterocycles. The maximum Gasteiger partial charge on any atom is 0.0941 e. The molecule has 0 fully saturated rings. The lowest BCUT2D eigenvalue weighted by Crippen LogP contribution is -1.87. The van der Waals surface area contributed by atoms with Gasteiger partial charge in [0.15, 0.2) is 0 Å². The molecule has 0 unspecified atom stereocenters. The molecule has 0 aliphatic carbocycles. The predicted molar refractivity (Wildman–Crippen MR) is 52.4 cm³/mol. The van der Waals surface area contributed by atoms with E-state index in [1.165, 1.54) is 4.88 Å². The van der Waals surface area contributed by atoms with E-state index in [1.54, 1.807) is 11.3 Å². The van der Waals surface area contributed by atoms with Gasteiger partial charge in [-0.25, -0.2) is 4.99 Å². The molecule has 1 aromatic rings. The molecular formula is C8H9NS2. The van der Waals surface area contributed by atoms with Gasteiger partial charge in [0.2, 0.25) is 0 Å². The molecule has 3 heteroatoms. The van der Waals surface area contributed by atoms with Crippen LogP contribution in [0.4, 0.5) is 0 Å². The summed E-state index contributed by atoms with van der Waals surface area (Å²) in [5.41, 5.74) is 0. The Bertz CT molecular complexity index is 247. The van der Waals surface area contributed by atoms with Crippen molar-refractivity contribution in [3.63, 3.8) is 0 Å². The normalized spacial score (nSPS) is 12.1. The quantitative estimate of drug-likeness (QED) is 0.517. The molecule has 1 heterocycles. The van der Waals surface area contributed by atoms with E-state index in [1.807, 2.05) is 6.07 Å². The van der Waals surface area contributed by atoms with Crippen molar-refractivity contribution in [2.24, 2.45) is 4.99 Å². The van der Waals surface area contributed by atoms with E-state index < -0.39 is 0 Å². The van der Waals surface area contributed by atoms with E-state index in [-0.39, 0.29) is 6.04 Å². The molecule has 1 nitrogen and oxygen atoms in total. The number of thiophene rings is 1. The molecule has 0 saturated carbocycles. The third-order valence-electron chi connectivity index (χ3n) is 1.47. The Morgan fingerprint density at radius 3 is 3.09 bits per heavy atom. The van der Waals surface area contributed by atoms with Gasteiger partial charge in [-0.15, -0.1) is 11.3 Å². The second kappa shape index (κ2) is 4.39. The Labute approximate surface area is 75.8 Å². The average Bonchev–Trinajstić information content (AvgIpc) is 2.52. The van der Waals surface area contributed by atoms with E-state index in [2.05, 4.69) is 40.7 Å². The molecule has 58 valence electrons. The smallest absolute Gasteiger partial charge is 0.0941 e. The summed E-state index contributed by atoms with van der Waals surface area (Å²) < 4.78 is 0. The third-order valence-corrected chi connectivity index (χ3v) is 2.55. The zero-order chi connectivity index (χ0) is 8.10. The van der Waals surface area contributed by atoms with Crippen LogP contribution in [0.5, 0.6) is 0 Å². The van der Waals surface area contributed by atoms with Gasteiger partial charge >= 0.3 is 0 Å². The van der Waals surface area contributed by atoms with Gasteiger partial charge in [0.1, 0.15) is 0 Å². The summed E-state index contributed by atoms with van der Waals surface area (Å²) in [6.45, 7) is 2.10. The molecule has 0 aliphatic rings. The second-order valence-corrected chi connectivity index (χ2v) is 3.32. The second-order valence-electron chi connectivity index (χ2n) is 2.16. The molecule has 0 aromatic carbocycles. The number of nitrogens with zero attached hydrogens (tertiary/aromatic N) is 1. The lowest BCUT2D eigenvalue weighted by molar-refractivity contribution is 0.720. The van der Waals surface area contributed by atoms with Crippen LogP contribution < -0.4 is 0 Å². The highest BCUT2D eigenvalue weighted by Crippen LogP contribution is 2.24. The molecule has 0 saturated heterocycles. The highest BCUT2D eigenvalue weighted by molar-refractivity contribution is 7.78. The van der Waals surface area contributed by atoms with Gasteiger partial charge in [0.05, 0.1) is 11.2 Å². The van der Waals surface area contributed by atoms with Crippen molar-refractivity contribution < 1.29 is 0 Å². The van der Waals surface area contributed by atoms with Gasteiger partial charge < -0.3 is 0 Å². The van der Waals surface area contributed by atoms with E-state index >= 15 is 0 Å². The monoisotopic (exact) mass is 183 g/mol. The van der Waals surface area contributed by atoms with E-state index in [0.29, 0.717) is 0 Å². The minimum atomic E-state index is 0.229. The van der Waals surface area contributed by atoms with Gasteiger partial charge in [0, 0.05) is 4.88 Å². The maximum absolute atomic E-state index is 4.56. The van der Waals surface area contributed by atoms with Crippen molar-refractivity contribution in [1.82, 2.24) is 0 Å². The Morgan fingerprint density at radius 2 is 2.64 bits per heavy atom. The molecule has 1 atom stereocenters. The zero-order valence-electron chi connectivity index (χ0n) is 6.28. The summed E-state index contributed by atoms with van der Waals surface area (Å²) in [7, 11) is 0. The minimum absolute atomic E-state index is 0.229. The van der Waals surface area contributed by atoms with Crippen LogP contribution in [0.3, 0.4) is 0 Å². The summed E-state index contributed by atoms with van der Waals surface area (Å²) >= 11 is 6.27. The Kier molecular flexibility index (Phi) is 3.43. The fourth-order valence-electron chi connectivity index (χ4n) is 0.901. The number of hydrogen-bond acceptors (Lipinski definition) is 3. The molecule has 0 bridgehead atoms. The first-order chi connectivity index (χ1) is 5.38. The topological polar surface area (TPSA) is 12.4 Å². The SMILES string of the molecule is CC[C@@H](N=C=S)c1cccs1. The van der Waals surface area contributed by atoms with Gasteiger partial charge in [-0.05, 0) is 30.1 Å². The van der Waals surface area contributed by atoms with E-state index in [0.717, 1.165) is 6.42 Å². The van der Waals surface area contributed by atoms with Crippen molar-refractivity contribution in [2.45, 2.75) is 19.4 Å². The van der Waals surface area contributed by atoms with E-state index in [9.17, 15) is 0 Å². The van der Waals surface area contributed by atoms with Gasteiger partial charge in [-0.3, -0.25) is 0 Å². The summed E-state index contributed by atoms with van der Waals surface area (Å²) in [5, 5.41) is 4.47. The van der Waals surface area contributed by atoms with Crippen molar-refractivity contribution in [3.05, 3.63) is 22.4 Å². The Balaban J connectivity index is 2.79. The standard InChI is InChI=1S/C8H9NS2/c1-2-7(9-6-10)8-4-3-5-11-8/h3-5,7H,2H2,1H3/t7-/m1/s1. The Hall–Kier alpha value is -0.500.